The van der Waals surface area contributed by atoms with Gasteiger partial charge in [-0.2, -0.15) is 4.58 Å². The van der Waals surface area contributed by atoms with Gasteiger partial charge in [0.1, 0.15) is 58.6 Å². The third kappa shape index (κ3) is 17.4. The number of ether oxygens (including phenoxy) is 1. The number of aliphatic carboxylic acids is 1. The van der Waals surface area contributed by atoms with Gasteiger partial charge in [0.25, 0.3) is 0 Å². The average Bonchev–Trinajstić information content (AvgIpc) is 3.63. The predicted octanol–water partition coefficient (Wildman–Crippen LogP) is -11.2. The van der Waals surface area contributed by atoms with Crippen LogP contribution in [-0.4, -0.2) is 130 Å². The van der Waals surface area contributed by atoms with E-state index in [0.717, 1.165) is 36.4 Å². The van der Waals surface area contributed by atoms with Crippen molar-refractivity contribution in [3.8, 4) is 5.75 Å². The number of carboxylic acid groups (broad SMARTS) is 1. The minimum absolute atomic E-state index is 0. The molecular formula is C47H42FN2Na5O21S6. The zero-order valence-electron chi connectivity index (χ0n) is 45.4. The number of hydrogen-bond acceptors (Lipinski definition) is 21. The van der Waals surface area contributed by atoms with E-state index in [1.165, 1.54) is 52.0 Å². The molecule has 0 radical (unpaired) electrons. The Balaban J connectivity index is 0.00000459. The Kier molecular flexibility index (Phi) is 26.5. The van der Waals surface area contributed by atoms with Crippen molar-refractivity contribution in [2.24, 2.45) is 0 Å². The summed E-state index contributed by atoms with van der Waals surface area (Å²) in [4.78, 5) is 8.72. The molecule has 0 aromatic heterocycles. The average molecular weight is 1300 g/mol. The molecule has 82 heavy (non-hydrogen) atoms. The van der Waals surface area contributed by atoms with Gasteiger partial charge in [0.05, 0.1) is 45.2 Å². The van der Waals surface area contributed by atoms with E-state index in [1.54, 1.807) is 27.7 Å². The van der Waals surface area contributed by atoms with Crippen molar-refractivity contribution in [3.63, 3.8) is 0 Å². The second-order valence-electron chi connectivity index (χ2n) is 18.8. The number of fused-ring (bicyclic) bond motifs is 6. The van der Waals surface area contributed by atoms with Crippen molar-refractivity contribution in [3.05, 3.63) is 119 Å². The Labute approximate surface area is 583 Å². The number of nitrogens with zero attached hydrogens (tertiary/aromatic N) is 2. The molecule has 35 heteroatoms. The van der Waals surface area contributed by atoms with Crippen LogP contribution in [0, 0.1) is 5.82 Å². The largest absolute Gasteiger partial charge is 1.00 e. The van der Waals surface area contributed by atoms with E-state index >= 15 is 4.39 Å². The van der Waals surface area contributed by atoms with E-state index in [-0.39, 0.29) is 246 Å². The molecular weight excluding hydrogens is 1250 g/mol. The first kappa shape index (κ1) is 77.1. The molecule has 2 heterocycles. The van der Waals surface area contributed by atoms with Crippen molar-refractivity contribution in [1.29, 1.82) is 0 Å². The first-order valence-electron chi connectivity index (χ1n) is 22.3. The van der Waals surface area contributed by atoms with Crippen LogP contribution in [-0.2, 0) is 76.3 Å². The molecule has 0 bridgehead atoms. The van der Waals surface area contributed by atoms with Gasteiger partial charge in [-0.1, -0.05) is 26.0 Å². The first-order valence-corrected chi connectivity index (χ1v) is 31.1. The smallest absolute Gasteiger partial charge is 0.748 e. The van der Waals surface area contributed by atoms with E-state index in [4.69, 9.17) is 4.74 Å². The summed E-state index contributed by atoms with van der Waals surface area (Å²) >= 11 is 0. The van der Waals surface area contributed by atoms with Gasteiger partial charge in [0.2, 0.25) is 5.69 Å². The van der Waals surface area contributed by atoms with Gasteiger partial charge in [0.15, 0.2) is 12.3 Å². The topological polar surface area (TPSA) is 396 Å². The predicted molar refractivity (Wildman–Crippen MR) is 266 cm³/mol. The summed E-state index contributed by atoms with van der Waals surface area (Å²) < 4.78 is 243. The standard InChI is InChI=1S/C47H47FN2O21S6.5Na/c1-46(2)41(49(15-5-17-72(53,54)55)37-11-9-33-35(44(37)46)22-31(74(59,60)61)24-39(33)76(65,66)67)13-7-27(28-19-29(48)21-30(20-28)71-26-43(51)52)8-14-42-47(3,4)45-36-23-32(75(62,63)64)25-40(77(68,69)70)34(36)10-12-38(45)50(42)16-6-18-73(56,57)58;;;;;/h7-14,19-25H,5-6,15-18,26H2,1-4H3,(H6-,51,52,53,54,55,56,57,58,59,60,61,62,63,64,65,66,67,68,69,70);;;;;/q;5*+1/p-5. The first-order chi connectivity index (χ1) is 35.2. The second-order valence-corrected chi connectivity index (χ2v) is 27.3. The number of allylic oxidation sites excluding steroid dienone is 6. The Morgan fingerprint density at radius 2 is 1.13 bits per heavy atom. The van der Waals surface area contributed by atoms with E-state index in [0.29, 0.717) is 12.1 Å². The monoisotopic (exact) mass is 1300 g/mol. The van der Waals surface area contributed by atoms with Crippen LogP contribution in [0.4, 0.5) is 15.8 Å². The number of hydrogen-bond donors (Lipinski definition) is 1. The number of carbonyl (C=O) groups is 1. The maximum absolute atomic E-state index is 15.6. The van der Waals surface area contributed by atoms with Gasteiger partial charge < -0.3 is 42.1 Å². The van der Waals surface area contributed by atoms with Gasteiger partial charge in [-0.3, -0.25) is 0 Å². The van der Waals surface area contributed by atoms with Crippen LogP contribution in [0.2, 0.25) is 0 Å². The van der Waals surface area contributed by atoms with Gasteiger partial charge in [-0.25, -0.2) is 59.7 Å². The molecule has 1 N–H and O–H groups in total. The van der Waals surface area contributed by atoms with Crippen LogP contribution < -0.4 is 157 Å². The number of benzene rings is 5. The molecule has 414 valence electrons. The van der Waals surface area contributed by atoms with E-state index in [1.807, 2.05) is 0 Å². The van der Waals surface area contributed by atoms with Gasteiger partial charge in [0, 0.05) is 70.4 Å². The summed E-state index contributed by atoms with van der Waals surface area (Å²) in [5.41, 5.74) is -1.97. The summed E-state index contributed by atoms with van der Waals surface area (Å²) in [7, 11) is -31.5. The zero-order chi connectivity index (χ0) is 57.4. The molecule has 0 aliphatic carbocycles. The minimum atomic E-state index is -5.47. The number of carboxylic acids is 1. The molecule has 2 aliphatic rings. The quantitative estimate of drug-likeness (QED) is 0.0347. The number of halogens is 1. The molecule has 0 saturated carbocycles. The van der Waals surface area contributed by atoms with E-state index in [9.17, 15) is 87.7 Å². The minimum Gasteiger partial charge on any atom is -0.748 e. The Morgan fingerprint density at radius 1 is 0.634 bits per heavy atom. The fraction of sp³-hybridized carbons (Fsp3) is 0.277. The van der Waals surface area contributed by atoms with Crippen LogP contribution in [0.1, 0.15) is 57.2 Å². The van der Waals surface area contributed by atoms with Gasteiger partial charge in [-0.15, -0.1) is 0 Å². The van der Waals surface area contributed by atoms with Crippen molar-refractivity contribution >= 4 is 111 Å². The van der Waals surface area contributed by atoms with Crippen LogP contribution in [0.25, 0.3) is 27.1 Å². The second kappa shape index (κ2) is 28.2. The normalized spacial score (nSPS) is 15.7. The SMILES string of the molecule is CC1(C)C(/C=C/C(=C/C=C2/N(CCCS(=O)(=O)[O-])c3ccc4c(S(=O)(=O)[O-])cc(S(=O)(=O)[O-])cc4c3C2(C)C)c2cc(F)cc(OCC(=O)O)c2)=[N+](CCCS(=O)(=O)[O-])c2ccc3c(S(=O)(=O)[O-])cc(S(=O)(=O)[O-])cc3c21.[Na+].[Na+].[Na+].[Na+].[Na+]. The van der Waals surface area contributed by atoms with Crippen LogP contribution >= 0.6 is 0 Å². The fourth-order valence-corrected chi connectivity index (χ4v) is 13.4. The van der Waals surface area contributed by atoms with E-state index < -0.39 is 121 Å². The molecule has 0 fully saturated rings. The summed E-state index contributed by atoms with van der Waals surface area (Å²) in [5.74, 6) is -4.49. The molecule has 0 unspecified atom stereocenters. The fourth-order valence-electron chi connectivity index (χ4n) is 9.80. The Morgan fingerprint density at radius 3 is 1.62 bits per heavy atom. The molecule has 5 aromatic rings. The summed E-state index contributed by atoms with van der Waals surface area (Å²) in [5, 5.41) is 8.36. The van der Waals surface area contributed by atoms with Crippen LogP contribution in [0.3, 0.4) is 0 Å². The van der Waals surface area contributed by atoms with Crippen molar-refractivity contribution < 1.29 is 249 Å². The number of rotatable bonds is 19. The summed E-state index contributed by atoms with van der Waals surface area (Å²) in [6, 6.07) is 10.7. The summed E-state index contributed by atoms with van der Waals surface area (Å²) in [6.07, 6.45) is 4.88. The molecule has 7 rings (SSSR count). The van der Waals surface area contributed by atoms with Gasteiger partial charge in [-0.05, 0) is 114 Å². The molecule has 0 saturated heterocycles. The molecule has 23 nitrogen and oxygen atoms in total. The molecule has 0 amide bonds. The third-order valence-electron chi connectivity index (χ3n) is 12.9. The van der Waals surface area contributed by atoms with Crippen molar-refractivity contribution in [1.82, 2.24) is 0 Å². The van der Waals surface area contributed by atoms with Crippen molar-refractivity contribution in [2.75, 3.05) is 36.1 Å². The Bertz CT molecular complexity index is 4230. The maximum atomic E-state index is 15.6. The zero-order valence-corrected chi connectivity index (χ0v) is 60.3. The Hall–Kier alpha value is -1.03. The molecule has 2 aliphatic heterocycles. The van der Waals surface area contributed by atoms with Crippen molar-refractivity contribution in [2.45, 2.75) is 70.9 Å². The third-order valence-corrected chi connectivity index (χ3v) is 17.8. The van der Waals surface area contributed by atoms with Crippen LogP contribution in [0.15, 0.2) is 116 Å². The molecule has 0 atom stereocenters. The molecule has 0 spiro atoms. The summed E-state index contributed by atoms with van der Waals surface area (Å²) in [6.45, 7) is 4.74. The molecule has 5 aromatic carbocycles. The van der Waals surface area contributed by atoms with Crippen LogP contribution in [0.5, 0.6) is 5.75 Å². The van der Waals surface area contributed by atoms with E-state index in [2.05, 4.69) is 0 Å². The maximum Gasteiger partial charge on any atom is 1.00 e. The van der Waals surface area contributed by atoms with Gasteiger partial charge >= 0.3 is 154 Å². The number of anilines is 1.